The first-order valence-electron chi connectivity index (χ1n) is 7.60. The van der Waals surface area contributed by atoms with Crippen LogP contribution < -0.4 is 20.5 Å². The number of fused-ring (bicyclic) bond motifs is 1. The summed E-state index contributed by atoms with van der Waals surface area (Å²) in [6, 6.07) is 6.34. The van der Waals surface area contributed by atoms with Crippen molar-refractivity contribution in [3.8, 4) is 11.5 Å². The Kier molecular flexibility index (Phi) is 5.77. The molecule has 5 nitrogen and oxygen atoms in total. The minimum absolute atomic E-state index is 0. The Morgan fingerprint density at radius 3 is 2.59 bits per heavy atom. The normalized spacial score (nSPS) is 19.4. The van der Waals surface area contributed by atoms with Gasteiger partial charge in [0.05, 0.1) is 0 Å². The van der Waals surface area contributed by atoms with Gasteiger partial charge in [0.2, 0.25) is 0 Å². The van der Waals surface area contributed by atoms with E-state index in [4.69, 9.17) is 15.2 Å². The minimum atomic E-state index is 0. The summed E-state index contributed by atoms with van der Waals surface area (Å²) in [7, 11) is 1.70. The fourth-order valence-corrected chi connectivity index (χ4v) is 3.33. The number of ether oxygens (including phenoxy) is 2. The number of nitrogens with one attached hydrogen (secondary N) is 1. The summed E-state index contributed by atoms with van der Waals surface area (Å²) in [6.07, 6.45) is 4.83. The van der Waals surface area contributed by atoms with Gasteiger partial charge in [-0.15, -0.1) is 24.0 Å². The number of nitrogens with zero attached hydrogens (tertiary/aromatic N) is 1. The fraction of sp³-hybridized carbons (Fsp3) is 0.562. The molecule has 1 aromatic rings. The Morgan fingerprint density at radius 1 is 1.23 bits per heavy atom. The van der Waals surface area contributed by atoms with E-state index in [9.17, 15) is 0 Å². The molecule has 0 atom stereocenters. The molecule has 1 saturated carbocycles. The van der Waals surface area contributed by atoms with Crippen LogP contribution in [0.2, 0.25) is 0 Å². The molecule has 1 aliphatic heterocycles. The number of aliphatic imine (C=N–C) groups is 1. The van der Waals surface area contributed by atoms with Crippen LogP contribution in [0.3, 0.4) is 0 Å². The topological polar surface area (TPSA) is 68.9 Å². The molecule has 1 aliphatic carbocycles. The van der Waals surface area contributed by atoms with Crippen molar-refractivity contribution in [2.24, 2.45) is 10.7 Å². The van der Waals surface area contributed by atoms with Crippen molar-refractivity contribution in [1.82, 2.24) is 5.32 Å². The summed E-state index contributed by atoms with van der Waals surface area (Å²) in [5.41, 5.74) is 7.22. The van der Waals surface area contributed by atoms with E-state index in [2.05, 4.69) is 22.4 Å². The lowest BCUT2D eigenvalue weighted by molar-refractivity contribution is 0.171. The first-order valence-corrected chi connectivity index (χ1v) is 7.60. The van der Waals surface area contributed by atoms with Crippen LogP contribution in [-0.4, -0.2) is 32.8 Å². The van der Waals surface area contributed by atoms with Gasteiger partial charge in [0, 0.05) is 19.0 Å². The van der Waals surface area contributed by atoms with Crippen LogP contribution in [-0.2, 0) is 5.41 Å². The summed E-state index contributed by atoms with van der Waals surface area (Å²) >= 11 is 0. The number of hydrogen-bond acceptors (Lipinski definition) is 3. The Labute approximate surface area is 148 Å². The first kappa shape index (κ1) is 17.2. The fourth-order valence-electron chi connectivity index (χ4n) is 3.33. The van der Waals surface area contributed by atoms with Crippen molar-refractivity contribution in [3.05, 3.63) is 23.8 Å². The molecule has 3 rings (SSSR count). The van der Waals surface area contributed by atoms with Crippen molar-refractivity contribution in [1.29, 1.82) is 0 Å². The molecule has 0 bridgehead atoms. The molecule has 0 aromatic heterocycles. The van der Waals surface area contributed by atoms with Crippen LogP contribution >= 0.6 is 24.0 Å². The summed E-state index contributed by atoms with van der Waals surface area (Å²) in [5.74, 6) is 2.21. The van der Waals surface area contributed by atoms with Crippen molar-refractivity contribution >= 4 is 29.9 Å². The second-order valence-electron chi connectivity index (χ2n) is 5.81. The van der Waals surface area contributed by atoms with Crippen molar-refractivity contribution < 1.29 is 9.47 Å². The molecule has 0 unspecified atom stereocenters. The first-order chi connectivity index (χ1) is 10.2. The molecule has 1 heterocycles. The van der Waals surface area contributed by atoms with Gasteiger partial charge in [-0.3, -0.25) is 4.99 Å². The van der Waals surface area contributed by atoms with E-state index in [1.165, 1.54) is 18.4 Å². The van der Waals surface area contributed by atoms with E-state index >= 15 is 0 Å². The second-order valence-corrected chi connectivity index (χ2v) is 5.81. The van der Waals surface area contributed by atoms with Gasteiger partial charge in [-0.2, -0.15) is 0 Å². The third-order valence-corrected chi connectivity index (χ3v) is 4.56. The summed E-state index contributed by atoms with van der Waals surface area (Å²) in [5, 5.41) is 3.25. The van der Waals surface area contributed by atoms with Crippen LogP contribution in [0.4, 0.5) is 0 Å². The highest BCUT2D eigenvalue weighted by atomic mass is 127. The van der Waals surface area contributed by atoms with Gasteiger partial charge in [0.25, 0.3) is 0 Å². The van der Waals surface area contributed by atoms with Crippen LogP contribution in [0.15, 0.2) is 23.2 Å². The number of hydrogen-bond donors (Lipinski definition) is 2. The van der Waals surface area contributed by atoms with Crippen molar-refractivity contribution in [2.45, 2.75) is 31.1 Å². The third-order valence-electron chi connectivity index (χ3n) is 4.56. The van der Waals surface area contributed by atoms with Gasteiger partial charge in [-0.1, -0.05) is 18.9 Å². The zero-order chi connectivity index (χ0) is 14.7. The van der Waals surface area contributed by atoms with Gasteiger partial charge >= 0.3 is 0 Å². The van der Waals surface area contributed by atoms with E-state index in [-0.39, 0.29) is 29.4 Å². The van der Waals surface area contributed by atoms with Crippen LogP contribution in [0.25, 0.3) is 0 Å². The molecule has 22 heavy (non-hydrogen) atoms. The lowest BCUT2D eigenvalue weighted by Gasteiger charge is -2.31. The standard InChI is InChI=1S/C16H23N3O2.HI/c1-18-15(17)19-11-16(6-2-3-7-16)12-4-5-13-14(10-12)21-9-8-20-13;/h4-5,10H,2-3,6-9,11H2,1H3,(H3,17,18,19);1H. The van der Waals surface area contributed by atoms with Crippen molar-refractivity contribution in [3.63, 3.8) is 0 Å². The lowest BCUT2D eigenvalue weighted by atomic mass is 9.78. The quantitative estimate of drug-likeness (QED) is 0.451. The highest BCUT2D eigenvalue weighted by molar-refractivity contribution is 14.0. The number of benzene rings is 1. The van der Waals surface area contributed by atoms with Crippen LogP contribution in [0.1, 0.15) is 31.2 Å². The molecule has 0 amide bonds. The van der Waals surface area contributed by atoms with E-state index in [0.717, 1.165) is 30.9 Å². The maximum atomic E-state index is 5.79. The zero-order valence-corrected chi connectivity index (χ0v) is 15.3. The summed E-state index contributed by atoms with van der Waals surface area (Å²) in [6.45, 7) is 2.06. The molecule has 0 spiro atoms. The maximum absolute atomic E-state index is 5.79. The second kappa shape index (κ2) is 7.39. The summed E-state index contributed by atoms with van der Waals surface area (Å²) < 4.78 is 11.3. The molecular formula is C16H24IN3O2. The molecule has 122 valence electrons. The van der Waals surface area contributed by atoms with E-state index < -0.39 is 0 Å². The summed E-state index contributed by atoms with van der Waals surface area (Å²) in [4.78, 5) is 3.98. The third kappa shape index (κ3) is 3.42. The van der Waals surface area contributed by atoms with Crippen molar-refractivity contribution in [2.75, 3.05) is 26.8 Å². The van der Waals surface area contributed by atoms with Gasteiger partial charge in [0.15, 0.2) is 17.5 Å². The number of rotatable bonds is 3. The Balaban J connectivity index is 0.00000176. The van der Waals surface area contributed by atoms with Gasteiger partial charge < -0.3 is 20.5 Å². The SMILES string of the molecule is CN=C(N)NCC1(c2ccc3c(c2)OCCO3)CCCC1.I. The molecule has 1 aromatic carbocycles. The smallest absolute Gasteiger partial charge is 0.188 e. The number of guanidine groups is 1. The number of halogens is 1. The molecular weight excluding hydrogens is 393 g/mol. The van der Waals surface area contributed by atoms with Crippen LogP contribution in [0, 0.1) is 0 Å². The van der Waals surface area contributed by atoms with E-state index in [1.54, 1.807) is 7.05 Å². The molecule has 2 aliphatic rings. The Hall–Kier alpha value is -1.18. The zero-order valence-electron chi connectivity index (χ0n) is 12.9. The monoisotopic (exact) mass is 417 g/mol. The molecule has 6 heteroatoms. The highest BCUT2D eigenvalue weighted by Crippen LogP contribution is 2.43. The minimum Gasteiger partial charge on any atom is -0.486 e. The lowest BCUT2D eigenvalue weighted by Crippen LogP contribution is -2.42. The van der Waals surface area contributed by atoms with E-state index in [0.29, 0.717) is 19.2 Å². The van der Waals surface area contributed by atoms with Crippen LogP contribution in [0.5, 0.6) is 11.5 Å². The van der Waals surface area contributed by atoms with Gasteiger partial charge in [0.1, 0.15) is 13.2 Å². The average molecular weight is 417 g/mol. The molecule has 0 radical (unpaired) electrons. The molecule has 0 saturated heterocycles. The Morgan fingerprint density at radius 2 is 1.91 bits per heavy atom. The highest BCUT2D eigenvalue weighted by Gasteiger charge is 2.36. The predicted molar refractivity (Wildman–Crippen MR) is 98.5 cm³/mol. The molecule has 3 N–H and O–H groups in total. The Bertz CT molecular complexity index is 542. The van der Waals surface area contributed by atoms with Gasteiger partial charge in [-0.25, -0.2) is 0 Å². The van der Waals surface area contributed by atoms with Gasteiger partial charge in [-0.05, 0) is 30.5 Å². The largest absolute Gasteiger partial charge is 0.486 e. The number of nitrogens with two attached hydrogens (primary N) is 1. The predicted octanol–water partition coefficient (Wildman–Crippen LogP) is 2.42. The molecule has 1 fully saturated rings. The average Bonchev–Trinajstić information content (AvgIpc) is 3.02. The maximum Gasteiger partial charge on any atom is 0.188 e. The van der Waals surface area contributed by atoms with E-state index in [1.807, 2.05) is 6.07 Å².